The van der Waals surface area contributed by atoms with E-state index < -0.39 is 16.4 Å². The van der Waals surface area contributed by atoms with Crippen LogP contribution in [0, 0.1) is 0 Å². The van der Waals surface area contributed by atoms with Crippen molar-refractivity contribution in [1.82, 2.24) is 0 Å². The molecule has 1 heterocycles. The van der Waals surface area contributed by atoms with Gasteiger partial charge in [0.15, 0.2) is 0 Å². The Bertz CT molecular complexity index is 390. The fourth-order valence-corrected chi connectivity index (χ4v) is 20.4. The molecule has 0 amide bonds. The molecule has 144 valence electrons. The Morgan fingerprint density at radius 3 is 1.29 bits per heavy atom. The van der Waals surface area contributed by atoms with Crippen molar-refractivity contribution in [1.29, 1.82) is 0 Å². The zero-order valence-corrected chi connectivity index (χ0v) is 21.0. The average Bonchev–Trinajstić information content (AvgIpc) is 3.09. The van der Waals surface area contributed by atoms with E-state index in [1.165, 1.54) is 6.04 Å². The van der Waals surface area contributed by atoms with Gasteiger partial charge in [-0.3, -0.25) is 0 Å². The third-order valence-electron chi connectivity index (χ3n) is 7.36. The molecule has 3 heteroatoms. The van der Waals surface area contributed by atoms with E-state index >= 15 is 0 Å². The molecule has 0 unspecified atom stereocenters. The van der Waals surface area contributed by atoms with Crippen LogP contribution in [0.15, 0.2) is 0 Å². The second kappa shape index (κ2) is 6.85. The van der Waals surface area contributed by atoms with Crippen LogP contribution in [0.3, 0.4) is 0 Å². The fraction of sp³-hybridized carbons (Fsp3) is 1.00. The SMILES string of the molecule is CC(C)[Si](O[C@@H](C)[C@@H]1C[Si]1(C(C)(C)C)C(C)(C)C)(C(C)C)C(C)C. The van der Waals surface area contributed by atoms with Crippen molar-refractivity contribution in [2.45, 2.75) is 134 Å². The van der Waals surface area contributed by atoms with Crippen LogP contribution in [0.4, 0.5) is 0 Å². The van der Waals surface area contributed by atoms with E-state index in [1.807, 2.05) is 0 Å². The third-order valence-corrected chi connectivity index (χ3v) is 21.4. The van der Waals surface area contributed by atoms with Crippen molar-refractivity contribution >= 4 is 16.4 Å². The maximum atomic E-state index is 7.17. The van der Waals surface area contributed by atoms with Gasteiger partial charge in [-0.25, -0.2) is 0 Å². The van der Waals surface area contributed by atoms with Gasteiger partial charge in [0.2, 0.25) is 8.32 Å². The molecule has 24 heavy (non-hydrogen) atoms. The van der Waals surface area contributed by atoms with E-state index in [9.17, 15) is 0 Å². The summed E-state index contributed by atoms with van der Waals surface area (Å²) in [6.45, 7) is 31.8. The molecular formula is C21H46OSi2. The first-order valence-electron chi connectivity index (χ1n) is 10.2. The minimum Gasteiger partial charge on any atom is -0.413 e. The van der Waals surface area contributed by atoms with Crippen molar-refractivity contribution in [3.63, 3.8) is 0 Å². The molecule has 0 aromatic carbocycles. The Morgan fingerprint density at radius 2 is 1.08 bits per heavy atom. The second-order valence-electron chi connectivity index (χ2n) is 11.4. The van der Waals surface area contributed by atoms with E-state index in [1.54, 1.807) is 0 Å². The van der Waals surface area contributed by atoms with Gasteiger partial charge in [-0.2, -0.15) is 0 Å². The maximum Gasteiger partial charge on any atom is 0.200 e. The molecule has 0 aromatic rings. The molecule has 0 bridgehead atoms. The van der Waals surface area contributed by atoms with Crippen LogP contribution < -0.4 is 0 Å². The third kappa shape index (κ3) is 3.46. The normalized spacial score (nSPS) is 23.2. The highest BCUT2D eigenvalue weighted by Crippen LogP contribution is 2.73. The highest BCUT2D eigenvalue weighted by Gasteiger charge is 2.70. The van der Waals surface area contributed by atoms with Crippen LogP contribution >= 0.6 is 0 Å². The summed E-state index contributed by atoms with van der Waals surface area (Å²) in [7, 11) is -3.13. The van der Waals surface area contributed by atoms with Crippen molar-refractivity contribution in [3.8, 4) is 0 Å². The highest BCUT2D eigenvalue weighted by atomic mass is 28.4. The van der Waals surface area contributed by atoms with Crippen LogP contribution in [0.5, 0.6) is 0 Å². The monoisotopic (exact) mass is 370 g/mol. The molecule has 2 atom stereocenters. The zero-order valence-electron chi connectivity index (χ0n) is 19.0. The van der Waals surface area contributed by atoms with E-state index in [0.29, 0.717) is 32.8 Å². The Kier molecular flexibility index (Phi) is 6.40. The van der Waals surface area contributed by atoms with Crippen molar-refractivity contribution in [2.75, 3.05) is 0 Å². The maximum absolute atomic E-state index is 7.17. The van der Waals surface area contributed by atoms with Gasteiger partial charge in [-0.1, -0.05) is 89.1 Å². The quantitative estimate of drug-likeness (QED) is 0.430. The Hall–Kier alpha value is 0.394. The number of hydrogen-bond donors (Lipinski definition) is 0. The molecule has 1 fully saturated rings. The molecule has 1 aliphatic heterocycles. The summed E-state index contributed by atoms with van der Waals surface area (Å²) < 4.78 is 7.17. The smallest absolute Gasteiger partial charge is 0.200 e. The zero-order chi connectivity index (χ0) is 19.3. The fourth-order valence-electron chi connectivity index (χ4n) is 6.52. The van der Waals surface area contributed by atoms with Crippen LogP contribution in [-0.2, 0) is 4.43 Å². The van der Waals surface area contributed by atoms with Gasteiger partial charge in [-0.05, 0) is 39.2 Å². The summed E-state index contributed by atoms with van der Waals surface area (Å²) in [5.74, 6) is 0. The standard InChI is InChI=1S/C21H46OSi2/c1-15(2)24(16(3)4,17(5)6)22-18(7)19-14-23(19,20(8,9)10)21(11,12)13/h15-19H,14H2,1-13H3/t18-,19-/m0/s1. The van der Waals surface area contributed by atoms with Gasteiger partial charge in [-0.15, -0.1) is 0 Å². The van der Waals surface area contributed by atoms with Gasteiger partial charge < -0.3 is 4.43 Å². The molecule has 0 aliphatic carbocycles. The predicted octanol–water partition coefficient (Wildman–Crippen LogP) is 8.00. The van der Waals surface area contributed by atoms with Crippen LogP contribution in [0.2, 0.25) is 38.3 Å². The molecule has 1 rings (SSSR count). The van der Waals surface area contributed by atoms with Gasteiger partial charge in [0.25, 0.3) is 0 Å². The van der Waals surface area contributed by atoms with Gasteiger partial charge in [0.05, 0.1) is 8.07 Å². The lowest BCUT2D eigenvalue weighted by Crippen LogP contribution is -2.51. The lowest BCUT2D eigenvalue weighted by molar-refractivity contribution is 0.194. The largest absolute Gasteiger partial charge is 0.413 e. The predicted molar refractivity (Wildman–Crippen MR) is 115 cm³/mol. The molecule has 0 aromatic heterocycles. The van der Waals surface area contributed by atoms with E-state index in [4.69, 9.17) is 4.43 Å². The first-order valence-corrected chi connectivity index (χ1v) is 14.7. The summed E-state index contributed by atoms with van der Waals surface area (Å²) in [4.78, 5) is 0. The molecule has 0 spiro atoms. The van der Waals surface area contributed by atoms with Crippen LogP contribution in [0.25, 0.3) is 0 Å². The molecule has 0 saturated carbocycles. The molecule has 1 saturated heterocycles. The minimum absolute atomic E-state index is 0.439. The van der Waals surface area contributed by atoms with Crippen LogP contribution in [-0.4, -0.2) is 22.5 Å². The molecule has 1 nitrogen and oxygen atoms in total. The summed E-state index contributed by atoms with van der Waals surface area (Å²) in [6.07, 6.45) is 0.439. The lowest BCUT2D eigenvalue weighted by Gasteiger charge is -2.46. The topological polar surface area (TPSA) is 9.23 Å². The van der Waals surface area contributed by atoms with E-state index in [2.05, 4.69) is 90.0 Å². The molecule has 0 radical (unpaired) electrons. The van der Waals surface area contributed by atoms with Gasteiger partial charge in [0.1, 0.15) is 0 Å². The molecule has 0 N–H and O–H groups in total. The lowest BCUT2D eigenvalue weighted by atomic mass is 10.2. The number of hydrogen-bond acceptors (Lipinski definition) is 1. The summed E-state index contributed by atoms with van der Waals surface area (Å²) in [6, 6.07) is 1.46. The average molecular weight is 371 g/mol. The first kappa shape index (κ1) is 22.4. The molecule has 1 aliphatic rings. The first-order chi connectivity index (χ1) is 10.6. The summed E-state index contributed by atoms with van der Waals surface area (Å²) in [5.41, 5.74) is 2.87. The van der Waals surface area contributed by atoms with Crippen molar-refractivity contribution in [2.24, 2.45) is 0 Å². The summed E-state index contributed by atoms with van der Waals surface area (Å²) >= 11 is 0. The van der Waals surface area contributed by atoms with E-state index in [0.717, 1.165) is 5.54 Å². The Labute approximate surface area is 155 Å². The van der Waals surface area contributed by atoms with E-state index in [-0.39, 0.29) is 0 Å². The van der Waals surface area contributed by atoms with Gasteiger partial charge >= 0.3 is 0 Å². The number of rotatable bonds is 6. The highest BCUT2D eigenvalue weighted by molar-refractivity contribution is 6.96. The minimum atomic E-state index is -1.77. The molecular weight excluding hydrogens is 324 g/mol. The van der Waals surface area contributed by atoms with Crippen molar-refractivity contribution < 1.29 is 4.43 Å². The Balaban J connectivity index is 3.14. The second-order valence-corrected chi connectivity index (χ2v) is 22.9. The van der Waals surface area contributed by atoms with Gasteiger partial charge in [0, 0.05) is 6.10 Å². The van der Waals surface area contributed by atoms with Crippen molar-refractivity contribution in [3.05, 3.63) is 0 Å². The summed E-state index contributed by atoms with van der Waals surface area (Å²) in [5, 5.41) is 0.927. The van der Waals surface area contributed by atoms with Crippen LogP contribution in [0.1, 0.15) is 90.0 Å². The Morgan fingerprint density at radius 1 is 0.750 bits per heavy atom.